The largest absolute Gasteiger partial charge is 0.462 e. The molecule has 1 unspecified atom stereocenters. The average Bonchev–Trinajstić information content (AvgIpc) is 3.33. The summed E-state index contributed by atoms with van der Waals surface area (Å²) in [5.41, 5.74) is 0. The Morgan fingerprint density at radius 3 is 0.955 bits per heavy atom. The van der Waals surface area contributed by atoms with Crippen LogP contribution in [0.3, 0.4) is 0 Å². The summed E-state index contributed by atoms with van der Waals surface area (Å²) in [6.45, 7) is 6.48. The van der Waals surface area contributed by atoms with Crippen LogP contribution >= 0.6 is 0 Å². The summed E-state index contributed by atoms with van der Waals surface area (Å²) < 4.78 is 16.8. The minimum absolute atomic E-state index is 0.0923. The molecule has 1 atom stereocenters. The van der Waals surface area contributed by atoms with E-state index in [0.717, 1.165) is 109 Å². The molecule has 6 nitrogen and oxygen atoms in total. The van der Waals surface area contributed by atoms with Crippen LogP contribution in [-0.2, 0) is 28.6 Å². The molecule has 0 aliphatic rings. The average molecular weight is 936 g/mol. The molecule has 0 heterocycles. The Kier molecular flexibility index (Phi) is 52.8. The minimum atomic E-state index is -0.798. The van der Waals surface area contributed by atoms with E-state index in [4.69, 9.17) is 14.2 Å². The lowest BCUT2D eigenvalue weighted by atomic mass is 10.0. The number of allylic oxidation sites excluding steroid dienone is 12. The Morgan fingerprint density at radius 1 is 0.313 bits per heavy atom. The van der Waals surface area contributed by atoms with Crippen molar-refractivity contribution >= 4 is 17.9 Å². The third kappa shape index (κ3) is 53.7. The lowest BCUT2D eigenvalue weighted by molar-refractivity contribution is -0.167. The van der Waals surface area contributed by atoms with Gasteiger partial charge in [-0.25, -0.2) is 0 Å². The molecule has 0 aromatic rings. The van der Waals surface area contributed by atoms with Gasteiger partial charge in [0.25, 0.3) is 0 Å². The van der Waals surface area contributed by atoms with Crippen molar-refractivity contribution in [2.24, 2.45) is 0 Å². The molecule has 0 spiro atoms. The molecule has 6 heteroatoms. The number of rotatable bonds is 51. The van der Waals surface area contributed by atoms with Gasteiger partial charge in [0.05, 0.1) is 0 Å². The monoisotopic (exact) mass is 935 g/mol. The van der Waals surface area contributed by atoms with Gasteiger partial charge in [0.15, 0.2) is 6.10 Å². The molecule has 0 amide bonds. The molecule has 0 aromatic heterocycles. The van der Waals surface area contributed by atoms with E-state index in [0.29, 0.717) is 19.3 Å². The van der Waals surface area contributed by atoms with Gasteiger partial charge >= 0.3 is 17.9 Å². The van der Waals surface area contributed by atoms with Gasteiger partial charge in [-0.05, 0) is 89.9 Å². The van der Waals surface area contributed by atoms with Crippen LogP contribution < -0.4 is 0 Å². The highest BCUT2D eigenvalue weighted by molar-refractivity contribution is 5.71. The zero-order chi connectivity index (χ0) is 48.6. The lowest BCUT2D eigenvalue weighted by Gasteiger charge is -2.18. The Balaban J connectivity index is 4.43. The fourth-order valence-electron chi connectivity index (χ4n) is 7.93. The molecular formula is C61H106O6. The number of unbranched alkanes of at least 4 members (excludes halogenated alkanes) is 28. The quantitative estimate of drug-likeness (QED) is 0.0262. The van der Waals surface area contributed by atoms with Gasteiger partial charge in [-0.1, -0.05) is 241 Å². The highest BCUT2D eigenvalue weighted by Crippen LogP contribution is 2.16. The summed E-state index contributed by atoms with van der Waals surface area (Å²) in [5.74, 6) is -0.941. The van der Waals surface area contributed by atoms with Crippen LogP contribution in [0.4, 0.5) is 0 Å². The van der Waals surface area contributed by atoms with Gasteiger partial charge in [-0.3, -0.25) is 14.4 Å². The van der Waals surface area contributed by atoms with E-state index in [-0.39, 0.29) is 31.1 Å². The molecule has 0 saturated heterocycles. The number of hydrogen-bond donors (Lipinski definition) is 0. The molecule has 0 aliphatic heterocycles. The maximum atomic E-state index is 12.8. The summed E-state index contributed by atoms with van der Waals surface area (Å²) in [6.07, 6.45) is 70.4. The Labute approximate surface area is 414 Å². The van der Waals surface area contributed by atoms with E-state index >= 15 is 0 Å². The number of carbonyl (C=O) groups excluding carboxylic acids is 3. The first-order valence-electron chi connectivity index (χ1n) is 28.4. The maximum absolute atomic E-state index is 12.8. The maximum Gasteiger partial charge on any atom is 0.306 e. The lowest BCUT2D eigenvalue weighted by Crippen LogP contribution is -2.30. The summed E-state index contributed by atoms with van der Waals surface area (Å²) in [5, 5.41) is 0. The highest BCUT2D eigenvalue weighted by Gasteiger charge is 2.19. The normalized spacial score (nSPS) is 12.6. The summed E-state index contributed by atoms with van der Waals surface area (Å²) in [4.78, 5) is 38.1. The highest BCUT2D eigenvalue weighted by atomic mass is 16.6. The third-order valence-corrected chi connectivity index (χ3v) is 12.2. The first kappa shape index (κ1) is 63.8. The van der Waals surface area contributed by atoms with E-state index in [2.05, 4.69) is 93.7 Å². The topological polar surface area (TPSA) is 78.9 Å². The van der Waals surface area contributed by atoms with Gasteiger partial charge in [0, 0.05) is 19.3 Å². The fourth-order valence-corrected chi connectivity index (χ4v) is 7.93. The van der Waals surface area contributed by atoms with Crippen LogP contribution in [-0.4, -0.2) is 37.2 Å². The van der Waals surface area contributed by atoms with Crippen molar-refractivity contribution in [2.75, 3.05) is 13.2 Å². The van der Waals surface area contributed by atoms with Crippen LogP contribution in [0.15, 0.2) is 72.9 Å². The predicted molar refractivity (Wildman–Crippen MR) is 288 cm³/mol. The van der Waals surface area contributed by atoms with Crippen LogP contribution in [0.25, 0.3) is 0 Å². The molecular weight excluding hydrogens is 829 g/mol. The molecule has 0 radical (unpaired) electrons. The van der Waals surface area contributed by atoms with E-state index in [1.165, 1.54) is 128 Å². The number of hydrogen-bond acceptors (Lipinski definition) is 6. The van der Waals surface area contributed by atoms with Gasteiger partial charge in [0.1, 0.15) is 13.2 Å². The van der Waals surface area contributed by atoms with E-state index in [1.807, 2.05) is 0 Å². The van der Waals surface area contributed by atoms with E-state index in [9.17, 15) is 14.4 Å². The molecule has 67 heavy (non-hydrogen) atoms. The van der Waals surface area contributed by atoms with Crippen molar-refractivity contribution in [2.45, 2.75) is 284 Å². The van der Waals surface area contributed by atoms with Crippen molar-refractivity contribution < 1.29 is 28.6 Å². The number of carbonyl (C=O) groups is 3. The van der Waals surface area contributed by atoms with Crippen LogP contribution in [0.2, 0.25) is 0 Å². The predicted octanol–water partition coefficient (Wildman–Crippen LogP) is 19.0. The van der Waals surface area contributed by atoms with Gasteiger partial charge in [-0.2, -0.15) is 0 Å². The molecule has 0 N–H and O–H groups in total. The fraction of sp³-hybridized carbons (Fsp3) is 0.754. The van der Waals surface area contributed by atoms with Crippen molar-refractivity contribution in [3.8, 4) is 0 Å². The number of esters is 3. The van der Waals surface area contributed by atoms with Crippen molar-refractivity contribution in [1.82, 2.24) is 0 Å². The smallest absolute Gasteiger partial charge is 0.306 e. The van der Waals surface area contributed by atoms with Crippen molar-refractivity contribution in [3.05, 3.63) is 72.9 Å². The van der Waals surface area contributed by atoms with Crippen LogP contribution in [0, 0.1) is 0 Å². The van der Waals surface area contributed by atoms with Crippen LogP contribution in [0.1, 0.15) is 278 Å². The molecule has 386 valence electrons. The van der Waals surface area contributed by atoms with Crippen molar-refractivity contribution in [3.63, 3.8) is 0 Å². The molecule has 0 aliphatic carbocycles. The first-order valence-corrected chi connectivity index (χ1v) is 28.4. The summed E-state index contributed by atoms with van der Waals surface area (Å²) in [6, 6.07) is 0. The molecule has 0 aromatic carbocycles. The van der Waals surface area contributed by atoms with Crippen molar-refractivity contribution in [1.29, 1.82) is 0 Å². The summed E-state index contributed by atoms with van der Waals surface area (Å²) in [7, 11) is 0. The second kappa shape index (κ2) is 55.4. The zero-order valence-electron chi connectivity index (χ0n) is 44.2. The van der Waals surface area contributed by atoms with Crippen LogP contribution in [0.5, 0.6) is 0 Å². The summed E-state index contributed by atoms with van der Waals surface area (Å²) >= 11 is 0. The Hall–Kier alpha value is -3.15. The molecule has 0 rings (SSSR count). The first-order chi connectivity index (χ1) is 33.0. The molecule has 0 saturated carbocycles. The third-order valence-electron chi connectivity index (χ3n) is 12.2. The minimum Gasteiger partial charge on any atom is -0.462 e. The van der Waals surface area contributed by atoms with Gasteiger partial charge in [0.2, 0.25) is 0 Å². The molecule has 0 fully saturated rings. The zero-order valence-corrected chi connectivity index (χ0v) is 44.2. The van der Waals surface area contributed by atoms with E-state index in [1.54, 1.807) is 0 Å². The second-order valence-corrected chi connectivity index (χ2v) is 18.8. The second-order valence-electron chi connectivity index (χ2n) is 18.8. The SMILES string of the molecule is CC/C=C\C/C=C\C/C=C\C/C=C\CCCCC(=O)OCC(COC(=O)CCCCCCCCCCCCCCCCCCCC)OC(=O)CCCCCCC/C=C\C/C=C\CCCCCC. The number of ether oxygens (including phenoxy) is 3. The standard InChI is InChI=1S/C61H106O6/c1-4-7-10-13-16-19-22-25-28-30-31-34-36-39-42-45-48-51-54-60(63)66-57-58(56-65-59(62)53-50-47-44-41-38-35-32-27-24-21-18-15-12-9-6-3)67-61(64)55-52-49-46-43-40-37-33-29-26-23-20-17-14-11-8-5-2/h9,12,18,20-21,23,27,29,32-33,38,41,58H,4-8,10-11,13-17,19,22,24-26,28,30-31,34-37,39-40,42-57H2,1-3H3/b12-9-,21-18-,23-20-,32-27-,33-29-,41-38-. The van der Waals surface area contributed by atoms with E-state index < -0.39 is 6.10 Å². The van der Waals surface area contributed by atoms with Gasteiger partial charge in [-0.15, -0.1) is 0 Å². The Morgan fingerprint density at radius 2 is 0.582 bits per heavy atom. The van der Waals surface area contributed by atoms with Gasteiger partial charge < -0.3 is 14.2 Å². The Bertz CT molecular complexity index is 1260. The molecule has 0 bridgehead atoms.